The molecule has 0 amide bonds. The van der Waals surface area contributed by atoms with E-state index in [2.05, 4.69) is 27.4 Å². The van der Waals surface area contributed by atoms with E-state index in [1.165, 1.54) is 25.7 Å². The molecule has 1 aliphatic rings. The van der Waals surface area contributed by atoms with E-state index in [0.717, 1.165) is 26.2 Å². The van der Waals surface area contributed by atoms with Gasteiger partial charge in [-0.2, -0.15) is 0 Å². The molecule has 0 radical (unpaired) electrons. The average Bonchev–Trinajstić information content (AvgIpc) is 2.69. The Morgan fingerprint density at radius 3 is 2.67 bits per heavy atom. The van der Waals surface area contributed by atoms with Crippen molar-refractivity contribution in [3.05, 3.63) is 30.3 Å². The van der Waals surface area contributed by atoms with Crippen molar-refractivity contribution in [1.29, 1.82) is 0 Å². The largest absolute Gasteiger partial charge is 0.357 e. The second-order valence-corrected chi connectivity index (χ2v) is 9.02. The van der Waals surface area contributed by atoms with Crippen molar-refractivity contribution >= 4 is 15.8 Å². The fourth-order valence-electron chi connectivity index (χ4n) is 3.50. The van der Waals surface area contributed by atoms with Gasteiger partial charge in [-0.25, -0.2) is 8.42 Å². The summed E-state index contributed by atoms with van der Waals surface area (Å²) in [4.78, 5) is 7.53. The third kappa shape index (κ3) is 7.14. The van der Waals surface area contributed by atoms with Crippen molar-refractivity contribution in [3.63, 3.8) is 0 Å². The first-order valence-corrected chi connectivity index (χ1v) is 11.8. The first-order chi connectivity index (χ1) is 13.1. The number of sulfone groups is 1. The molecule has 1 saturated heterocycles. The molecule has 0 aliphatic carbocycles. The van der Waals surface area contributed by atoms with Gasteiger partial charge < -0.3 is 10.6 Å². The fraction of sp³-hybridized carbons (Fsp3) is 0.650. The van der Waals surface area contributed by atoms with E-state index >= 15 is 0 Å². The summed E-state index contributed by atoms with van der Waals surface area (Å²) in [5.74, 6) is 0.733. The van der Waals surface area contributed by atoms with Crippen LogP contribution in [-0.2, 0) is 9.84 Å². The zero-order valence-electron chi connectivity index (χ0n) is 16.7. The van der Waals surface area contributed by atoms with E-state index in [-0.39, 0.29) is 5.75 Å². The Kier molecular flexibility index (Phi) is 9.07. The lowest BCUT2D eigenvalue weighted by molar-refractivity contribution is 0.148. The highest BCUT2D eigenvalue weighted by Gasteiger charge is 2.20. The maximum absolute atomic E-state index is 12.4. The highest BCUT2D eigenvalue weighted by atomic mass is 32.2. The van der Waals surface area contributed by atoms with Gasteiger partial charge in [-0.3, -0.25) is 9.89 Å². The van der Waals surface area contributed by atoms with Crippen LogP contribution in [-0.4, -0.2) is 63.8 Å². The molecule has 2 N–H and O–H groups in total. The Bertz CT molecular complexity index is 676. The first kappa shape index (κ1) is 21.7. The highest BCUT2D eigenvalue weighted by molar-refractivity contribution is 7.91. The summed E-state index contributed by atoms with van der Waals surface area (Å²) in [6, 6.07) is 9.26. The smallest absolute Gasteiger partial charge is 0.191 e. The van der Waals surface area contributed by atoms with Gasteiger partial charge in [0.25, 0.3) is 0 Å². The molecule has 7 heteroatoms. The molecule has 0 aromatic heterocycles. The van der Waals surface area contributed by atoms with E-state index in [1.807, 2.05) is 13.0 Å². The lowest BCUT2D eigenvalue weighted by Gasteiger charge is -2.34. The zero-order chi connectivity index (χ0) is 19.5. The van der Waals surface area contributed by atoms with Crippen LogP contribution in [0.1, 0.15) is 39.5 Å². The Balaban J connectivity index is 1.82. The number of nitrogens with zero attached hydrogens (tertiary/aromatic N) is 2. The Labute approximate surface area is 164 Å². The predicted molar refractivity (Wildman–Crippen MR) is 112 cm³/mol. The molecule has 1 aromatic rings. The lowest BCUT2D eigenvalue weighted by Crippen LogP contribution is -2.42. The van der Waals surface area contributed by atoms with Crippen LogP contribution < -0.4 is 10.6 Å². The van der Waals surface area contributed by atoms with Crippen LogP contribution in [0.3, 0.4) is 0 Å². The molecule has 27 heavy (non-hydrogen) atoms. The Hall–Kier alpha value is -1.60. The van der Waals surface area contributed by atoms with Crippen LogP contribution >= 0.6 is 0 Å². The number of nitrogens with one attached hydrogen (secondary N) is 2. The molecular weight excluding hydrogens is 360 g/mol. The van der Waals surface area contributed by atoms with Crippen molar-refractivity contribution in [2.75, 3.05) is 38.5 Å². The van der Waals surface area contributed by atoms with E-state index in [1.54, 1.807) is 24.3 Å². The third-order valence-electron chi connectivity index (χ3n) is 4.99. The number of benzene rings is 1. The molecule has 0 bridgehead atoms. The van der Waals surface area contributed by atoms with Crippen molar-refractivity contribution in [3.8, 4) is 0 Å². The van der Waals surface area contributed by atoms with Gasteiger partial charge in [0, 0.05) is 25.7 Å². The van der Waals surface area contributed by atoms with Gasteiger partial charge >= 0.3 is 0 Å². The number of aliphatic imine (C=N–C) groups is 1. The summed E-state index contributed by atoms with van der Waals surface area (Å²) < 4.78 is 24.7. The lowest BCUT2D eigenvalue weighted by atomic mass is 10.0. The maximum atomic E-state index is 12.4. The standard InChI is InChI=1S/C20H34N4O2S/c1-3-18-10-8-9-15-24(18)16-13-22-20(21-4-2)23-14-17-27(25,26)19-11-6-5-7-12-19/h5-7,11-12,18H,3-4,8-10,13-17H2,1-2H3,(H2,21,22,23). The van der Waals surface area contributed by atoms with Gasteiger partial charge in [0.2, 0.25) is 0 Å². The third-order valence-corrected chi connectivity index (χ3v) is 6.72. The molecule has 1 fully saturated rings. The van der Waals surface area contributed by atoms with Crippen LogP contribution in [0, 0.1) is 0 Å². The SMILES string of the molecule is CCNC(=NCCN1CCCCC1CC)NCCS(=O)(=O)c1ccccc1. The van der Waals surface area contributed by atoms with Crippen molar-refractivity contribution in [2.24, 2.45) is 4.99 Å². The van der Waals surface area contributed by atoms with Crippen molar-refractivity contribution in [1.82, 2.24) is 15.5 Å². The van der Waals surface area contributed by atoms with Gasteiger partial charge in [-0.1, -0.05) is 31.5 Å². The number of rotatable bonds is 9. The summed E-state index contributed by atoms with van der Waals surface area (Å²) in [7, 11) is -3.27. The van der Waals surface area contributed by atoms with Crippen LogP contribution in [0.15, 0.2) is 40.2 Å². The van der Waals surface area contributed by atoms with E-state index in [4.69, 9.17) is 0 Å². The summed E-state index contributed by atoms with van der Waals surface area (Å²) in [5, 5.41) is 6.35. The summed E-state index contributed by atoms with van der Waals surface area (Å²) >= 11 is 0. The molecule has 6 nitrogen and oxygen atoms in total. The van der Waals surface area contributed by atoms with Crippen LogP contribution in [0.25, 0.3) is 0 Å². The van der Waals surface area contributed by atoms with Gasteiger partial charge in [-0.05, 0) is 44.9 Å². The molecule has 0 spiro atoms. The average molecular weight is 395 g/mol. The molecule has 1 heterocycles. The number of guanidine groups is 1. The molecule has 1 aliphatic heterocycles. The van der Waals surface area contributed by atoms with Gasteiger partial charge in [0.1, 0.15) is 0 Å². The molecule has 1 atom stereocenters. The molecule has 152 valence electrons. The minimum Gasteiger partial charge on any atom is -0.357 e. The van der Waals surface area contributed by atoms with E-state index in [0.29, 0.717) is 23.4 Å². The van der Waals surface area contributed by atoms with Crippen molar-refractivity contribution < 1.29 is 8.42 Å². The Morgan fingerprint density at radius 2 is 1.96 bits per heavy atom. The quantitative estimate of drug-likeness (QED) is 0.497. The van der Waals surface area contributed by atoms with Gasteiger partial charge in [0.05, 0.1) is 17.2 Å². The molecule has 2 rings (SSSR count). The number of hydrogen-bond acceptors (Lipinski definition) is 4. The molecular formula is C20H34N4O2S. The normalized spacial score (nSPS) is 19.0. The predicted octanol–water partition coefficient (Wildman–Crippen LogP) is 2.28. The van der Waals surface area contributed by atoms with E-state index < -0.39 is 9.84 Å². The summed E-state index contributed by atoms with van der Waals surface area (Å²) in [6.45, 7) is 8.19. The molecule has 1 unspecified atom stereocenters. The summed E-state index contributed by atoms with van der Waals surface area (Å²) in [5.41, 5.74) is 0. The van der Waals surface area contributed by atoms with Crippen LogP contribution in [0.5, 0.6) is 0 Å². The topological polar surface area (TPSA) is 73.8 Å². The Morgan fingerprint density at radius 1 is 1.19 bits per heavy atom. The van der Waals surface area contributed by atoms with Crippen LogP contribution in [0.4, 0.5) is 0 Å². The van der Waals surface area contributed by atoms with E-state index in [9.17, 15) is 8.42 Å². The minimum absolute atomic E-state index is 0.0471. The first-order valence-electron chi connectivity index (χ1n) is 10.1. The monoisotopic (exact) mass is 394 g/mol. The number of hydrogen-bond donors (Lipinski definition) is 2. The van der Waals surface area contributed by atoms with Gasteiger partial charge in [-0.15, -0.1) is 0 Å². The molecule has 0 saturated carbocycles. The number of piperidine rings is 1. The van der Waals surface area contributed by atoms with Crippen LogP contribution in [0.2, 0.25) is 0 Å². The number of likely N-dealkylation sites (tertiary alicyclic amines) is 1. The molecule has 1 aromatic carbocycles. The maximum Gasteiger partial charge on any atom is 0.191 e. The summed E-state index contributed by atoms with van der Waals surface area (Å²) in [6.07, 6.45) is 5.09. The van der Waals surface area contributed by atoms with Gasteiger partial charge in [0.15, 0.2) is 15.8 Å². The second-order valence-electron chi connectivity index (χ2n) is 6.91. The minimum atomic E-state index is -3.27. The zero-order valence-corrected chi connectivity index (χ0v) is 17.5. The second kappa shape index (κ2) is 11.3. The fourth-order valence-corrected chi connectivity index (χ4v) is 4.68. The van der Waals surface area contributed by atoms with Crippen molar-refractivity contribution in [2.45, 2.75) is 50.5 Å². The highest BCUT2D eigenvalue weighted by Crippen LogP contribution is 2.18.